The summed E-state index contributed by atoms with van der Waals surface area (Å²) in [7, 11) is 0. The Morgan fingerprint density at radius 3 is 2.61 bits per heavy atom. The molecule has 1 aliphatic rings. The summed E-state index contributed by atoms with van der Waals surface area (Å²) < 4.78 is 0. The van der Waals surface area contributed by atoms with Crippen LogP contribution in [0.4, 0.5) is 0 Å². The van der Waals surface area contributed by atoms with Gasteiger partial charge in [-0.25, -0.2) is 0 Å². The second-order valence-corrected chi connectivity index (χ2v) is 6.18. The van der Waals surface area contributed by atoms with Crippen molar-refractivity contribution in [1.82, 2.24) is 5.32 Å². The van der Waals surface area contributed by atoms with Gasteiger partial charge in [-0.15, -0.1) is 0 Å². The number of hydrogen-bond donors (Lipinski definition) is 1. The summed E-state index contributed by atoms with van der Waals surface area (Å²) in [6.07, 6.45) is 3.86. The topological polar surface area (TPSA) is 12.0 Å². The molecule has 1 fully saturated rings. The fraction of sp³-hybridized carbons (Fsp3) is 0.647. The van der Waals surface area contributed by atoms with Crippen LogP contribution in [0, 0.1) is 17.3 Å². The molecule has 1 aliphatic heterocycles. The number of benzene rings is 1. The smallest absolute Gasteiger partial charge is 0.00126 e. The zero-order valence-corrected chi connectivity index (χ0v) is 12.1. The Kier molecular flexibility index (Phi) is 4.45. The van der Waals surface area contributed by atoms with Crippen LogP contribution in [0.25, 0.3) is 0 Å². The van der Waals surface area contributed by atoms with E-state index in [1.54, 1.807) is 0 Å². The molecule has 18 heavy (non-hydrogen) atoms. The Labute approximate surface area is 112 Å². The average Bonchev–Trinajstić information content (AvgIpc) is 2.40. The quantitative estimate of drug-likeness (QED) is 0.848. The zero-order chi connectivity index (χ0) is 13.0. The molecule has 0 amide bonds. The molecule has 1 N–H and O–H groups in total. The monoisotopic (exact) mass is 245 g/mol. The fourth-order valence-corrected chi connectivity index (χ4v) is 3.73. The molecule has 2 atom stereocenters. The second kappa shape index (κ2) is 5.88. The summed E-state index contributed by atoms with van der Waals surface area (Å²) in [4.78, 5) is 0. The van der Waals surface area contributed by atoms with Gasteiger partial charge in [0.2, 0.25) is 0 Å². The molecule has 1 heterocycles. The van der Waals surface area contributed by atoms with Crippen LogP contribution >= 0.6 is 0 Å². The molecule has 100 valence electrons. The molecule has 0 aliphatic carbocycles. The number of hydrogen-bond acceptors (Lipinski definition) is 1. The molecule has 2 unspecified atom stereocenters. The molecule has 0 radical (unpaired) electrons. The minimum Gasteiger partial charge on any atom is -0.316 e. The fourth-order valence-electron chi connectivity index (χ4n) is 3.73. The third-order valence-corrected chi connectivity index (χ3v) is 4.86. The predicted molar refractivity (Wildman–Crippen MR) is 78.7 cm³/mol. The Hall–Kier alpha value is -0.820. The van der Waals surface area contributed by atoms with Gasteiger partial charge in [0.05, 0.1) is 0 Å². The lowest BCUT2D eigenvalue weighted by atomic mass is 9.62. The van der Waals surface area contributed by atoms with Crippen LogP contribution in [-0.2, 0) is 6.42 Å². The van der Waals surface area contributed by atoms with Gasteiger partial charge in [-0.05, 0) is 55.2 Å². The molecular formula is C17H27N. The third kappa shape index (κ3) is 2.77. The van der Waals surface area contributed by atoms with E-state index >= 15 is 0 Å². The third-order valence-electron chi connectivity index (χ3n) is 4.86. The molecule has 1 aromatic carbocycles. The SMILES string of the molecule is CCC1(Cc2ccccc2)CCNCC1C(C)C. The van der Waals surface area contributed by atoms with Crippen LogP contribution in [0.3, 0.4) is 0 Å². The maximum absolute atomic E-state index is 3.59. The average molecular weight is 245 g/mol. The lowest BCUT2D eigenvalue weighted by Crippen LogP contribution is -2.48. The van der Waals surface area contributed by atoms with E-state index in [-0.39, 0.29) is 0 Å². The Balaban J connectivity index is 2.22. The minimum absolute atomic E-state index is 0.501. The summed E-state index contributed by atoms with van der Waals surface area (Å²) in [5.74, 6) is 1.57. The van der Waals surface area contributed by atoms with Crippen LogP contribution in [0.1, 0.15) is 39.2 Å². The van der Waals surface area contributed by atoms with Crippen molar-refractivity contribution < 1.29 is 0 Å². The van der Waals surface area contributed by atoms with Crippen molar-refractivity contribution in [2.75, 3.05) is 13.1 Å². The summed E-state index contributed by atoms with van der Waals surface area (Å²) >= 11 is 0. The van der Waals surface area contributed by atoms with Gasteiger partial charge in [0, 0.05) is 0 Å². The van der Waals surface area contributed by atoms with Gasteiger partial charge < -0.3 is 5.32 Å². The van der Waals surface area contributed by atoms with Crippen LogP contribution in [0.2, 0.25) is 0 Å². The molecule has 1 heteroatoms. The van der Waals surface area contributed by atoms with E-state index in [2.05, 4.69) is 56.4 Å². The molecule has 0 saturated carbocycles. The maximum atomic E-state index is 3.59. The van der Waals surface area contributed by atoms with Gasteiger partial charge >= 0.3 is 0 Å². The lowest BCUT2D eigenvalue weighted by molar-refractivity contribution is 0.0659. The van der Waals surface area contributed by atoms with Gasteiger partial charge in [0.15, 0.2) is 0 Å². The Bertz CT molecular complexity index is 357. The van der Waals surface area contributed by atoms with Crippen molar-refractivity contribution in [3.63, 3.8) is 0 Å². The number of piperidine rings is 1. The minimum atomic E-state index is 0.501. The van der Waals surface area contributed by atoms with Crippen molar-refractivity contribution in [3.05, 3.63) is 35.9 Å². The van der Waals surface area contributed by atoms with Crippen molar-refractivity contribution in [2.45, 2.75) is 40.0 Å². The van der Waals surface area contributed by atoms with Gasteiger partial charge in [-0.2, -0.15) is 0 Å². The van der Waals surface area contributed by atoms with Crippen LogP contribution in [0.15, 0.2) is 30.3 Å². The van der Waals surface area contributed by atoms with Crippen LogP contribution < -0.4 is 5.32 Å². The molecular weight excluding hydrogens is 218 g/mol. The highest BCUT2D eigenvalue weighted by molar-refractivity contribution is 5.17. The first-order valence-electron chi connectivity index (χ1n) is 7.42. The Morgan fingerprint density at radius 2 is 2.00 bits per heavy atom. The van der Waals surface area contributed by atoms with E-state index in [9.17, 15) is 0 Å². The summed E-state index contributed by atoms with van der Waals surface area (Å²) in [5.41, 5.74) is 2.01. The largest absolute Gasteiger partial charge is 0.316 e. The molecule has 2 rings (SSSR count). The normalized spacial score (nSPS) is 28.6. The first-order valence-corrected chi connectivity index (χ1v) is 7.42. The van der Waals surface area contributed by atoms with Crippen molar-refractivity contribution in [1.29, 1.82) is 0 Å². The summed E-state index contributed by atoms with van der Waals surface area (Å²) in [6, 6.07) is 11.0. The predicted octanol–water partition coefficient (Wildman–Crippen LogP) is 3.89. The van der Waals surface area contributed by atoms with Crippen molar-refractivity contribution in [2.24, 2.45) is 17.3 Å². The van der Waals surface area contributed by atoms with Crippen molar-refractivity contribution >= 4 is 0 Å². The van der Waals surface area contributed by atoms with Gasteiger partial charge in [0.1, 0.15) is 0 Å². The van der Waals surface area contributed by atoms with Crippen LogP contribution in [-0.4, -0.2) is 13.1 Å². The molecule has 1 nitrogen and oxygen atoms in total. The van der Waals surface area contributed by atoms with E-state index in [4.69, 9.17) is 0 Å². The maximum Gasteiger partial charge on any atom is -0.00126 e. The highest BCUT2D eigenvalue weighted by Gasteiger charge is 2.40. The molecule has 1 aromatic rings. The van der Waals surface area contributed by atoms with Crippen LogP contribution in [0.5, 0.6) is 0 Å². The second-order valence-electron chi connectivity index (χ2n) is 6.18. The highest BCUT2D eigenvalue weighted by Crippen LogP contribution is 2.43. The van der Waals surface area contributed by atoms with E-state index in [1.165, 1.54) is 37.9 Å². The Morgan fingerprint density at radius 1 is 1.28 bits per heavy atom. The van der Waals surface area contributed by atoms with E-state index in [1.807, 2.05) is 0 Å². The highest BCUT2D eigenvalue weighted by atomic mass is 14.9. The van der Waals surface area contributed by atoms with Crippen molar-refractivity contribution in [3.8, 4) is 0 Å². The molecule has 0 spiro atoms. The van der Waals surface area contributed by atoms with E-state index in [0.717, 1.165) is 11.8 Å². The first kappa shape index (κ1) is 13.6. The summed E-state index contributed by atoms with van der Waals surface area (Å²) in [6.45, 7) is 9.52. The number of rotatable bonds is 4. The lowest BCUT2D eigenvalue weighted by Gasteiger charge is -2.46. The molecule has 1 saturated heterocycles. The van der Waals surface area contributed by atoms with E-state index in [0.29, 0.717) is 5.41 Å². The van der Waals surface area contributed by atoms with E-state index < -0.39 is 0 Å². The number of nitrogens with one attached hydrogen (secondary N) is 1. The first-order chi connectivity index (χ1) is 8.68. The standard InChI is InChI=1S/C17H27N/c1-4-17(12-15-8-6-5-7-9-15)10-11-18-13-16(17)14(2)3/h5-9,14,16,18H,4,10-13H2,1-3H3. The van der Waals surface area contributed by atoms with Gasteiger partial charge in [-0.1, -0.05) is 51.1 Å². The molecule has 0 bridgehead atoms. The molecule has 0 aromatic heterocycles. The van der Waals surface area contributed by atoms with Gasteiger partial charge in [-0.3, -0.25) is 0 Å². The van der Waals surface area contributed by atoms with Gasteiger partial charge in [0.25, 0.3) is 0 Å². The summed E-state index contributed by atoms with van der Waals surface area (Å²) in [5, 5.41) is 3.59. The zero-order valence-electron chi connectivity index (χ0n) is 12.1.